The minimum Gasteiger partial charge on any atom is -0.406 e. The molecule has 1 aliphatic rings. The van der Waals surface area contributed by atoms with Crippen molar-refractivity contribution in [2.45, 2.75) is 26.4 Å². The zero-order chi connectivity index (χ0) is 21.3. The number of amides is 1. The Morgan fingerprint density at radius 3 is 2.57 bits per heavy atom. The van der Waals surface area contributed by atoms with Gasteiger partial charge in [-0.1, -0.05) is 12.1 Å². The summed E-state index contributed by atoms with van der Waals surface area (Å²) in [4.78, 5) is 18.6. The molecule has 5 nitrogen and oxygen atoms in total. The third-order valence-electron chi connectivity index (χ3n) is 4.76. The number of rotatable bonds is 5. The van der Waals surface area contributed by atoms with E-state index in [1.54, 1.807) is 17.3 Å². The molecule has 2 heterocycles. The molecule has 1 amide bonds. The Hall–Kier alpha value is -3.55. The third kappa shape index (κ3) is 4.37. The van der Waals surface area contributed by atoms with Crippen molar-refractivity contribution in [2.24, 2.45) is 0 Å². The number of benzene rings is 2. The van der Waals surface area contributed by atoms with Crippen LogP contribution in [0.2, 0.25) is 0 Å². The molecule has 8 heteroatoms. The molecule has 2 aromatic carbocycles. The molecule has 0 spiro atoms. The number of aromatic nitrogens is 1. The highest BCUT2D eigenvalue weighted by Gasteiger charge is 2.31. The summed E-state index contributed by atoms with van der Waals surface area (Å²) in [7, 11) is 0. The number of halogens is 3. The summed E-state index contributed by atoms with van der Waals surface area (Å²) in [6.45, 7) is 2.61. The van der Waals surface area contributed by atoms with Gasteiger partial charge in [0.05, 0.1) is 11.9 Å². The number of alkyl halides is 3. The first-order valence-corrected chi connectivity index (χ1v) is 9.23. The lowest BCUT2D eigenvalue weighted by Crippen LogP contribution is -2.23. The van der Waals surface area contributed by atoms with Gasteiger partial charge in [-0.05, 0) is 60.0 Å². The van der Waals surface area contributed by atoms with Crippen LogP contribution >= 0.6 is 0 Å². The van der Waals surface area contributed by atoms with Crippen LogP contribution in [0.3, 0.4) is 0 Å². The van der Waals surface area contributed by atoms with E-state index < -0.39 is 6.36 Å². The number of fused-ring (bicyclic) bond motifs is 1. The van der Waals surface area contributed by atoms with Gasteiger partial charge in [0.25, 0.3) is 5.91 Å². The Bertz CT molecular complexity index is 1070. The number of anilines is 2. The van der Waals surface area contributed by atoms with Crippen molar-refractivity contribution in [3.8, 4) is 5.75 Å². The van der Waals surface area contributed by atoms with Crippen molar-refractivity contribution in [3.05, 3.63) is 83.2 Å². The summed E-state index contributed by atoms with van der Waals surface area (Å²) in [6.07, 6.45) is -1.32. The number of carbonyl (C=O) groups excluding carboxylic acids is 1. The van der Waals surface area contributed by atoms with Crippen molar-refractivity contribution < 1.29 is 22.7 Å². The van der Waals surface area contributed by atoms with E-state index in [1.807, 2.05) is 31.2 Å². The van der Waals surface area contributed by atoms with E-state index in [2.05, 4.69) is 15.0 Å². The molecule has 0 bridgehead atoms. The van der Waals surface area contributed by atoms with E-state index in [4.69, 9.17) is 0 Å². The molecule has 0 saturated heterocycles. The van der Waals surface area contributed by atoms with Crippen LogP contribution in [-0.2, 0) is 13.1 Å². The molecule has 0 radical (unpaired) electrons. The van der Waals surface area contributed by atoms with E-state index in [1.165, 1.54) is 24.3 Å². The summed E-state index contributed by atoms with van der Waals surface area (Å²) >= 11 is 0. The van der Waals surface area contributed by atoms with Crippen molar-refractivity contribution in [3.63, 3.8) is 0 Å². The highest BCUT2D eigenvalue weighted by atomic mass is 19.4. The Labute approximate surface area is 171 Å². The normalized spacial score (nSPS) is 13.3. The fourth-order valence-corrected chi connectivity index (χ4v) is 3.55. The largest absolute Gasteiger partial charge is 0.573 e. The second kappa shape index (κ2) is 7.70. The average Bonchev–Trinajstić information content (AvgIpc) is 2.99. The summed E-state index contributed by atoms with van der Waals surface area (Å²) < 4.78 is 40.8. The van der Waals surface area contributed by atoms with Crippen molar-refractivity contribution in [1.82, 2.24) is 9.88 Å². The zero-order valence-corrected chi connectivity index (χ0v) is 16.0. The Kier molecular flexibility index (Phi) is 5.07. The molecule has 0 unspecified atom stereocenters. The molecule has 3 aromatic rings. The van der Waals surface area contributed by atoms with Crippen molar-refractivity contribution in [2.75, 3.05) is 5.32 Å². The summed E-state index contributed by atoms with van der Waals surface area (Å²) in [5.74, 6) is -0.379. The lowest BCUT2D eigenvalue weighted by Gasteiger charge is -2.16. The molecular weight excluding hydrogens is 395 g/mol. The molecule has 0 aliphatic carbocycles. The van der Waals surface area contributed by atoms with Crippen molar-refractivity contribution in [1.29, 1.82) is 0 Å². The number of aryl methyl sites for hydroxylation is 1. The first-order valence-electron chi connectivity index (χ1n) is 9.23. The SMILES string of the molecule is Cc1cc(Nc2cccnc2)cc2c1C(=O)N(Cc1ccc(OC(F)(F)F)cc1)C2. The van der Waals surface area contributed by atoms with Gasteiger partial charge in [0, 0.05) is 30.5 Å². The van der Waals surface area contributed by atoms with E-state index in [-0.39, 0.29) is 11.7 Å². The van der Waals surface area contributed by atoms with Gasteiger partial charge in [-0.2, -0.15) is 0 Å². The molecule has 1 aliphatic heterocycles. The molecule has 1 N–H and O–H groups in total. The van der Waals surface area contributed by atoms with Crippen LogP contribution in [0.5, 0.6) is 5.75 Å². The molecule has 0 saturated carbocycles. The lowest BCUT2D eigenvalue weighted by atomic mass is 10.0. The number of hydrogen-bond donors (Lipinski definition) is 1. The Balaban J connectivity index is 1.48. The van der Waals surface area contributed by atoms with E-state index in [9.17, 15) is 18.0 Å². The molecular formula is C22H18F3N3O2. The monoisotopic (exact) mass is 413 g/mol. The van der Waals surface area contributed by atoms with Gasteiger partial charge in [0.1, 0.15) is 5.75 Å². The minimum atomic E-state index is -4.73. The van der Waals surface area contributed by atoms with Gasteiger partial charge in [0.15, 0.2) is 0 Å². The smallest absolute Gasteiger partial charge is 0.406 e. The molecule has 4 rings (SSSR count). The van der Waals surface area contributed by atoms with Crippen molar-refractivity contribution >= 4 is 17.3 Å². The fourth-order valence-electron chi connectivity index (χ4n) is 3.55. The highest BCUT2D eigenvalue weighted by Crippen LogP contribution is 2.31. The fraction of sp³-hybridized carbons (Fsp3) is 0.182. The van der Waals surface area contributed by atoms with Gasteiger partial charge >= 0.3 is 6.36 Å². The quantitative estimate of drug-likeness (QED) is 0.626. The first-order chi connectivity index (χ1) is 14.3. The highest BCUT2D eigenvalue weighted by molar-refractivity contribution is 6.00. The Morgan fingerprint density at radius 1 is 1.13 bits per heavy atom. The summed E-state index contributed by atoms with van der Waals surface area (Å²) in [6, 6.07) is 13.1. The summed E-state index contributed by atoms with van der Waals surface area (Å²) in [5, 5.41) is 3.28. The van der Waals surface area contributed by atoms with Gasteiger partial charge in [0.2, 0.25) is 0 Å². The predicted octanol–water partition coefficient (Wildman–Crippen LogP) is 5.19. The van der Waals surface area contributed by atoms with Crippen LogP contribution in [0.25, 0.3) is 0 Å². The van der Waals surface area contributed by atoms with Gasteiger partial charge in [-0.3, -0.25) is 9.78 Å². The first kappa shape index (κ1) is 19.8. The second-order valence-electron chi connectivity index (χ2n) is 7.05. The van der Waals surface area contributed by atoms with Gasteiger partial charge < -0.3 is 15.0 Å². The molecule has 0 fully saturated rings. The Morgan fingerprint density at radius 2 is 1.90 bits per heavy atom. The third-order valence-corrected chi connectivity index (χ3v) is 4.76. The van der Waals surface area contributed by atoms with Crippen LogP contribution < -0.4 is 10.1 Å². The van der Waals surface area contributed by atoms with Crippen LogP contribution in [0.15, 0.2) is 60.9 Å². The zero-order valence-electron chi connectivity index (χ0n) is 16.0. The number of hydrogen-bond acceptors (Lipinski definition) is 4. The second-order valence-corrected chi connectivity index (χ2v) is 7.05. The lowest BCUT2D eigenvalue weighted by molar-refractivity contribution is -0.274. The summed E-state index contributed by atoms with van der Waals surface area (Å²) in [5.41, 5.74) is 4.87. The van der Waals surface area contributed by atoms with Gasteiger partial charge in [-0.25, -0.2) is 0 Å². The van der Waals surface area contributed by atoms with Gasteiger partial charge in [-0.15, -0.1) is 13.2 Å². The standard InChI is InChI=1S/C22H18F3N3O2/c1-14-9-18(27-17-3-2-8-26-11-17)10-16-13-28(21(29)20(14)16)12-15-4-6-19(7-5-15)30-22(23,24)25/h2-11,27H,12-13H2,1H3. The maximum absolute atomic E-state index is 12.9. The number of ether oxygens (including phenoxy) is 1. The number of nitrogens with zero attached hydrogens (tertiary/aromatic N) is 2. The average molecular weight is 413 g/mol. The van der Waals surface area contributed by atoms with E-state index in [0.717, 1.165) is 28.1 Å². The maximum atomic E-state index is 12.9. The maximum Gasteiger partial charge on any atom is 0.573 e. The molecule has 30 heavy (non-hydrogen) atoms. The molecule has 1 aromatic heterocycles. The topological polar surface area (TPSA) is 54.5 Å². The van der Waals surface area contributed by atoms with Crippen LogP contribution in [0.1, 0.15) is 27.0 Å². The van der Waals surface area contributed by atoms with Crippen LogP contribution in [-0.4, -0.2) is 22.2 Å². The minimum absolute atomic E-state index is 0.0916. The van der Waals surface area contributed by atoms with Crippen LogP contribution in [0.4, 0.5) is 24.5 Å². The van der Waals surface area contributed by atoms with E-state index in [0.29, 0.717) is 18.7 Å². The van der Waals surface area contributed by atoms with E-state index >= 15 is 0 Å². The number of pyridine rings is 1. The van der Waals surface area contributed by atoms with Crippen LogP contribution in [0, 0.1) is 6.92 Å². The number of carbonyl (C=O) groups is 1. The molecule has 154 valence electrons. The predicted molar refractivity (Wildman–Crippen MR) is 105 cm³/mol. The number of nitrogens with one attached hydrogen (secondary N) is 1. The molecule has 0 atom stereocenters.